The smallest absolute Gasteiger partial charge is 0.264 e. The van der Waals surface area contributed by atoms with Gasteiger partial charge in [0.15, 0.2) is 0 Å². The average molecular weight is 383 g/mol. The highest BCUT2D eigenvalue weighted by atomic mass is 32.2. The quantitative estimate of drug-likeness (QED) is 0.742. The van der Waals surface area contributed by atoms with E-state index >= 15 is 0 Å². The molecule has 4 nitrogen and oxygen atoms in total. The van der Waals surface area contributed by atoms with E-state index in [1.165, 1.54) is 4.31 Å². The molecule has 0 amide bonds. The number of nitrogens with zero attached hydrogens (tertiary/aromatic N) is 1. The molecule has 0 aromatic heterocycles. The van der Waals surface area contributed by atoms with Gasteiger partial charge in [-0.25, -0.2) is 8.42 Å². The Hall–Kier alpha value is -2.53. The minimum Gasteiger partial charge on any atom is -0.376 e. The third-order valence-corrected chi connectivity index (χ3v) is 6.46. The van der Waals surface area contributed by atoms with Crippen LogP contribution in [0.3, 0.4) is 0 Å². The summed E-state index contributed by atoms with van der Waals surface area (Å²) in [5.74, 6) is 0. The van der Waals surface area contributed by atoms with Gasteiger partial charge in [0.1, 0.15) is 0 Å². The summed E-state index contributed by atoms with van der Waals surface area (Å²) in [6.07, 6.45) is 3.76. The van der Waals surface area contributed by atoms with Crippen molar-refractivity contribution < 1.29 is 8.42 Å². The van der Waals surface area contributed by atoms with Gasteiger partial charge in [0.05, 0.1) is 22.7 Å². The maximum atomic E-state index is 13.2. The standard InChI is InChI=1S/C22H26N2O2S/c1-6-13-24(27(25,26)19-10-7-16(2)8-11-19)18-9-12-21-20(14-18)17(3)15-22(4,5)23-21/h6-12,14-15,23H,1,13H2,2-5H3. The fourth-order valence-corrected chi connectivity index (χ4v) is 4.85. The molecule has 0 saturated carbocycles. The van der Waals surface area contributed by atoms with Crippen LogP contribution in [-0.4, -0.2) is 20.5 Å². The van der Waals surface area contributed by atoms with E-state index in [4.69, 9.17) is 0 Å². The summed E-state index contributed by atoms with van der Waals surface area (Å²) in [6.45, 7) is 12.2. The van der Waals surface area contributed by atoms with E-state index in [1.54, 1.807) is 18.2 Å². The third kappa shape index (κ3) is 3.78. The second-order valence-electron chi connectivity index (χ2n) is 7.54. The van der Waals surface area contributed by atoms with Gasteiger partial charge in [-0.3, -0.25) is 4.31 Å². The first kappa shape index (κ1) is 19.2. The van der Waals surface area contributed by atoms with Crippen LogP contribution in [0.1, 0.15) is 31.9 Å². The molecule has 1 aliphatic heterocycles. The molecular formula is C22H26N2O2S. The summed E-state index contributed by atoms with van der Waals surface area (Å²) in [5.41, 5.74) is 4.67. The van der Waals surface area contributed by atoms with E-state index in [0.29, 0.717) is 5.69 Å². The number of hydrogen-bond acceptors (Lipinski definition) is 3. The van der Waals surface area contributed by atoms with Crippen molar-refractivity contribution in [2.75, 3.05) is 16.2 Å². The van der Waals surface area contributed by atoms with Crippen LogP contribution < -0.4 is 9.62 Å². The highest BCUT2D eigenvalue weighted by molar-refractivity contribution is 7.92. The summed E-state index contributed by atoms with van der Waals surface area (Å²) >= 11 is 0. The van der Waals surface area contributed by atoms with Crippen molar-refractivity contribution in [3.63, 3.8) is 0 Å². The zero-order chi connectivity index (χ0) is 19.8. The van der Waals surface area contributed by atoms with Crippen LogP contribution in [0.15, 0.2) is 66.1 Å². The lowest BCUT2D eigenvalue weighted by molar-refractivity contribution is 0.593. The molecule has 0 aliphatic carbocycles. The third-order valence-electron chi connectivity index (χ3n) is 4.65. The molecular weight excluding hydrogens is 356 g/mol. The van der Waals surface area contributed by atoms with Gasteiger partial charge in [0.2, 0.25) is 0 Å². The van der Waals surface area contributed by atoms with Crippen LogP contribution in [0.25, 0.3) is 5.57 Å². The maximum absolute atomic E-state index is 13.2. The van der Waals surface area contributed by atoms with Gasteiger partial charge in [0, 0.05) is 11.3 Å². The second kappa shape index (κ2) is 6.89. The van der Waals surface area contributed by atoms with Crippen molar-refractivity contribution in [3.05, 3.63) is 72.3 Å². The van der Waals surface area contributed by atoms with Gasteiger partial charge in [-0.2, -0.15) is 0 Å². The normalized spacial score (nSPS) is 15.3. The largest absolute Gasteiger partial charge is 0.376 e. The van der Waals surface area contributed by atoms with Gasteiger partial charge in [0.25, 0.3) is 10.0 Å². The molecule has 0 unspecified atom stereocenters. The first-order valence-electron chi connectivity index (χ1n) is 8.96. The number of benzene rings is 2. The van der Waals surface area contributed by atoms with E-state index in [0.717, 1.165) is 22.4 Å². The average Bonchev–Trinajstić information content (AvgIpc) is 2.59. The predicted molar refractivity (Wildman–Crippen MR) is 114 cm³/mol. The van der Waals surface area contributed by atoms with E-state index in [-0.39, 0.29) is 17.0 Å². The minimum atomic E-state index is -3.68. The summed E-state index contributed by atoms with van der Waals surface area (Å²) in [7, 11) is -3.68. The lowest BCUT2D eigenvalue weighted by Crippen LogP contribution is -2.33. The number of nitrogens with one attached hydrogen (secondary N) is 1. The van der Waals surface area contributed by atoms with Crippen LogP contribution in [0.2, 0.25) is 0 Å². The van der Waals surface area contributed by atoms with E-state index < -0.39 is 10.0 Å². The van der Waals surface area contributed by atoms with Crippen molar-refractivity contribution in [1.29, 1.82) is 0 Å². The zero-order valence-corrected chi connectivity index (χ0v) is 17.1. The van der Waals surface area contributed by atoms with Gasteiger partial charge >= 0.3 is 0 Å². The summed E-state index contributed by atoms with van der Waals surface area (Å²) in [4.78, 5) is 0.277. The maximum Gasteiger partial charge on any atom is 0.264 e. The fourth-order valence-electron chi connectivity index (χ4n) is 3.42. The molecule has 3 rings (SSSR count). The van der Waals surface area contributed by atoms with Crippen molar-refractivity contribution in [2.45, 2.75) is 38.1 Å². The minimum absolute atomic E-state index is 0.132. The number of anilines is 2. The summed E-state index contributed by atoms with van der Waals surface area (Å²) in [6, 6.07) is 12.6. The Bertz CT molecular complexity index is 1000. The molecule has 1 N–H and O–H groups in total. The molecule has 0 spiro atoms. The Morgan fingerprint density at radius 3 is 2.41 bits per heavy atom. The van der Waals surface area contributed by atoms with Crippen molar-refractivity contribution in [2.24, 2.45) is 0 Å². The highest BCUT2D eigenvalue weighted by Gasteiger charge is 2.27. The highest BCUT2D eigenvalue weighted by Crippen LogP contribution is 2.37. The lowest BCUT2D eigenvalue weighted by Gasteiger charge is -2.32. The lowest BCUT2D eigenvalue weighted by atomic mass is 9.91. The van der Waals surface area contributed by atoms with E-state index in [2.05, 4.69) is 38.7 Å². The first-order chi connectivity index (χ1) is 12.6. The van der Waals surface area contributed by atoms with Crippen LogP contribution in [0.5, 0.6) is 0 Å². The molecule has 0 radical (unpaired) electrons. The van der Waals surface area contributed by atoms with Crippen molar-refractivity contribution in [1.82, 2.24) is 0 Å². The second-order valence-corrected chi connectivity index (χ2v) is 9.40. The number of rotatable bonds is 5. The van der Waals surface area contributed by atoms with Gasteiger partial charge in [-0.15, -0.1) is 6.58 Å². The molecule has 0 atom stereocenters. The molecule has 142 valence electrons. The molecule has 1 aliphatic rings. The Labute approximate surface area is 162 Å². The molecule has 2 aromatic carbocycles. The van der Waals surface area contributed by atoms with Crippen LogP contribution in [-0.2, 0) is 10.0 Å². The Morgan fingerprint density at radius 2 is 1.78 bits per heavy atom. The topological polar surface area (TPSA) is 49.4 Å². The molecule has 27 heavy (non-hydrogen) atoms. The Morgan fingerprint density at radius 1 is 1.11 bits per heavy atom. The Balaban J connectivity index is 2.08. The van der Waals surface area contributed by atoms with E-state index in [1.807, 2.05) is 37.3 Å². The fraction of sp³-hybridized carbons (Fsp3) is 0.273. The van der Waals surface area contributed by atoms with Gasteiger partial charge in [-0.05, 0) is 63.6 Å². The van der Waals surface area contributed by atoms with Crippen LogP contribution in [0, 0.1) is 6.92 Å². The van der Waals surface area contributed by atoms with Gasteiger partial charge < -0.3 is 5.32 Å². The van der Waals surface area contributed by atoms with Crippen LogP contribution >= 0.6 is 0 Å². The number of fused-ring (bicyclic) bond motifs is 1. The number of allylic oxidation sites excluding steroid dienone is 1. The zero-order valence-electron chi connectivity index (χ0n) is 16.3. The monoisotopic (exact) mass is 382 g/mol. The molecule has 0 fully saturated rings. The first-order valence-corrected chi connectivity index (χ1v) is 10.4. The van der Waals surface area contributed by atoms with Crippen molar-refractivity contribution >= 4 is 27.0 Å². The number of sulfonamides is 1. The SMILES string of the molecule is C=CCN(c1ccc2c(c1)C(C)=CC(C)(C)N2)S(=O)(=O)c1ccc(C)cc1. The number of aryl methyl sites for hydroxylation is 1. The summed E-state index contributed by atoms with van der Waals surface area (Å²) < 4.78 is 27.9. The molecule has 0 bridgehead atoms. The molecule has 5 heteroatoms. The molecule has 1 heterocycles. The molecule has 2 aromatic rings. The molecule has 0 saturated heterocycles. The number of hydrogen-bond donors (Lipinski definition) is 1. The van der Waals surface area contributed by atoms with Crippen molar-refractivity contribution in [3.8, 4) is 0 Å². The summed E-state index contributed by atoms with van der Waals surface area (Å²) in [5, 5.41) is 3.48. The van der Waals surface area contributed by atoms with E-state index in [9.17, 15) is 8.42 Å². The van der Waals surface area contributed by atoms with Gasteiger partial charge in [-0.1, -0.05) is 29.8 Å². The predicted octanol–water partition coefficient (Wildman–Crippen LogP) is 4.98. The Kier molecular flexibility index (Phi) is 4.91. The van der Waals surface area contributed by atoms with Crippen LogP contribution in [0.4, 0.5) is 11.4 Å².